The Balaban J connectivity index is 1.64. The van der Waals surface area contributed by atoms with Gasteiger partial charge in [0.2, 0.25) is 5.91 Å². The molecule has 2 aromatic heterocycles. The molecule has 3 rings (SSSR count). The normalized spacial score (nSPS) is 17.6. The van der Waals surface area contributed by atoms with Crippen LogP contribution >= 0.6 is 0 Å². The van der Waals surface area contributed by atoms with Crippen LogP contribution in [0.3, 0.4) is 0 Å². The lowest BCUT2D eigenvalue weighted by atomic mass is 10.0. The molecule has 1 saturated heterocycles. The molecular formula is C15H22N8O2. The summed E-state index contributed by atoms with van der Waals surface area (Å²) >= 11 is 0. The van der Waals surface area contributed by atoms with Crippen molar-refractivity contribution in [1.82, 2.24) is 29.7 Å². The number of hydrogen-bond acceptors (Lipinski definition) is 6. The van der Waals surface area contributed by atoms with Gasteiger partial charge in [-0.05, 0) is 19.3 Å². The van der Waals surface area contributed by atoms with Crippen molar-refractivity contribution in [2.24, 2.45) is 5.73 Å². The Morgan fingerprint density at radius 1 is 1.28 bits per heavy atom. The van der Waals surface area contributed by atoms with E-state index in [9.17, 15) is 9.59 Å². The smallest absolute Gasteiger partial charge is 0.312 e. The Labute approximate surface area is 144 Å². The summed E-state index contributed by atoms with van der Waals surface area (Å²) in [5, 5.41) is 2.60. The number of carbonyl (C=O) groups excluding carboxylic acids is 2. The van der Waals surface area contributed by atoms with Gasteiger partial charge in [-0.15, -0.1) is 0 Å². The van der Waals surface area contributed by atoms with Crippen molar-refractivity contribution in [3.63, 3.8) is 0 Å². The number of nitrogens with one attached hydrogen (secondary N) is 1. The number of anilines is 1. The second kappa shape index (κ2) is 7.32. The van der Waals surface area contributed by atoms with Gasteiger partial charge in [0, 0.05) is 32.1 Å². The number of imidazole rings is 1. The first-order valence-corrected chi connectivity index (χ1v) is 8.30. The van der Waals surface area contributed by atoms with E-state index in [0.29, 0.717) is 43.0 Å². The van der Waals surface area contributed by atoms with Gasteiger partial charge in [-0.1, -0.05) is 0 Å². The molecule has 1 atom stereocenters. The van der Waals surface area contributed by atoms with E-state index in [1.54, 1.807) is 10.9 Å². The summed E-state index contributed by atoms with van der Waals surface area (Å²) in [5.74, 6) is 0.364. The van der Waals surface area contributed by atoms with E-state index in [1.165, 1.54) is 6.33 Å². The first-order chi connectivity index (χ1) is 12.1. The third kappa shape index (κ3) is 3.78. The van der Waals surface area contributed by atoms with E-state index in [4.69, 9.17) is 11.5 Å². The third-order valence-corrected chi connectivity index (χ3v) is 4.46. The molecular weight excluding hydrogens is 324 g/mol. The minimum atomic E-state index is -0.569. The zero-order chi connectivity index (χ0) is 17.8. The minimum absolute atomic E-state index is 0.00810. The second-order valence-electron chi connectivity index (χ2n) is 6.10. The predicted molar refractivity (Wildman–Crippen MR) is 91.3 cm³/mol. The molecule has 2 aromatic rings. The summed E-state index contributed by atoms with van der Waals surface area (Å²) in [4.78, 5) is 37.7. The van der Waals surface area contributed by atoms with Crippen LogP contribution in [0.25, 0.3) is 11.2 Å². The van der Waals surface area contributed by atoms with E-state index in [0.717, 1.165) is 19.3 Å². The van der Waals surface area contributed by atoms with E-state index < -0.39 is 6.03 Å². The number of urea groups is 1. The zero-order valence-electron chi connectivity index (χ0n) is 13.9. The number of aryl methyl sites for hydroxylation is 1. The monoisotopic (exact) mass is 346 g/mol. The molecule has 25 heavy (non-hydrogen) atoms. The van der Waals surface area contributed by atoms with E-state index in [1.807, 2.05) is 4.90 Å². The number of amides is 3. The van der Waals surface area contributed by atoms with Gasteiger partial charge >= 0.3 is 6.03 Å². The maximum Gasteiger partial charge on any atom is 0.312 e. The molecule has 3 heterocycles. The molecule has 0 saturated carbocycles. The number of aromatic nitrogens is 4. The number of piperidine rings is 1. The van der Waals surface area contributed by atoms with Crippen molar-refractivity contribution in [2.75, 3.05) is 18.8 Å². The largest absolute Gasteiger partial charge is 0.382 e. The fourth-order valence-corrected chi connectivity index (χ4v) is 3.18. The molecule has 0 aromatic carbocycles. The van der Waals surface area contributed by atoms with Crippen molar-refractivity contribution >= 4 is 28.9 Å². The van der Waals surface area contributed by atoms with Crippen LogP contribution < -0.4 is 16.8 Å². The summed E-state index contributed by atoms with van der Waals surface area (Å²) < 4.78 is 1.80. The van der Waals surface area contributed by atoms with Gasteiger partial charge in [0.1, 0.15) is 11.8 Å². The van der Waals surface area contributed by atoms with Gasteiger partial charge < -0.3 is 26.3 Å². The number of nitrogen functional groups attached to an aromatic ring is 1. The van der Waals surface area contributed by atoms with Gasteiger partial charge in [-0.3, -0.25) is 4.79 Å². The van der Waals surface area contributed by atoms with Gasteiger partial charge in [0.15, 0.2) is 11.5 Å². The number of likely N-dealkylation sites (tertiary alicyclic amines) is 1. The van der Waals surface area contributed by atoms with Crippen LogP contribution in [-0.2, 0) is 11.3 Å². The van der Waals surface area contributed by atoms with Crippen LogP contribution in [0.5, 0.6) is 0 Å². The van der Waals surface area contributed by atoms with Gasteiger partial charge in [-0.25, -0.2) is 19.7 Å². The number of hydrogen-bond donors (Lipinski definition) is 3. The van der Waals surface area contributed by atoms with Crippen LogP contribution in [0.15, 0.2) is 12.7 Å². The topological polar surface area (TPSA) is 145 Å². The lowest BCUT2D eigenvalue weighted by Gasteiger charge is -2.36. The zero-order valence-corrected chi connectivity index (χ0v) is 13.9. The molecule has 3 amide bonds. The first-order valence-electron chi connectivity index (χ1n) is 8.30. The Morgan fingerprint density at radius 2 is 2.12 bits per heavy atom. The van der Waals surface area contributed by atoms with E-state index >= 15 is 0 Å². The first kappa shape index (κ1) is 16.9. The molecule has 1 unspecified atom stereocenters. The van der Waals surface area contributed by atoms with Crippen molar-refractivity contribution in [3.05, 3.63) is 12.7 Å². The lowest BCUT2D eigenvalue weighted by molar-refractivity contribution is -0.135. The van der Waals surface area contributed by atoms with Crippen molar-refractivity contribution in [3.8, 4) is 0 Å². The molecule has 0 aliphatic carbocycles. The molecule has 10 heteroatoms. The van der Waals surface area contributed by atoms with Crippen LogP contribution in [0.2, 0.25) is 0 Å². The SMILES string of the molecule is NC(=O)NCC1CCCCN1C(=O)CCn1cnc2c(N)ncnc21. The highest BCUT2D eigenvalue weighted by Gasteiger charge is 2.26. The highest BCUT2D eigenvalue weighted by molar-refractivity contribution is 5.81. The van der Waals surface area contributed by atoms with Crippen LogP contribution in [-0.4, -0.2) is 55.5 Å². The number of nitrogens with two attached hydrogens (primary N) is 2. The Hall–Kier alpha value is -2.91. The molecule has 5 N–H and O–H groups in total. The van der Waals surface area contributed by atoms with Crippen LogP contribution in [0.1, 0.15) is 25.7 Å². The van der Waals surface area contributed by atoms with Crippen molar-refractivity contribution in [1.29, 1.82) is 0 Å². The predicted octanol–water partition coefficient (Wildman–Crippen LogP) is -0.152. The van der Waals surface area contributed by atoms with Gasteiger partial charge in [0.25, 0.3) is 0 Å². The Morgan fingerprint density at radius 3 is 2.92 bits per heavy atom. The highest BCUT2D eigenvalue weighted by Crippen LogP contribution is 2.19. The summed E-state index contributed by atoms with van der Waals surface area (Å²) in [6.45, 7) is 1.54. The summed E-state index contributed by atoms with van der Waals surface area (Å²) in [6.07, 6.45) is 6.19. The Bertz CT molecular complexity index is 774. The quantitative estimate of drug-likeness (QED) is 0.686. The lowest BCUT2D eigenvalue weighted by Crippen LogP contribution is -2.50. The second-order valence-corrected chi connectivity index (χ2v) is 6.10. The fourth-order valence-electron chi connectivity index (χ4n) is 3.18. The molecule has 10 nitrogen and oxygen atoms in total. The fraction of sp³-hybridized carbons (Fsp3) is 0.533. The third-order valence-electron chi connectivity index (χ3n) is 4.46. The molecule has 1 aliphatic rings. The van der Waals surface area contributed by atoms with Crippen molar-refractivity contribution < 1.29 is 9.59 Å². The standard InChI is InChI=1S/C15H22N8O2/c16-13-12-14(20-8-19-13)22(9-21-12)6-4-11(24)23-5-2-1-3-10(23)7-18-15(17)25/h8-10H,1-7H2,(H2,16,19,20)(H3,17,18,25). The summed E-state index contributed by atoms with van der Waals surface area (Å²) in [7, 11) is 0. The van der Waals surface area contributed by atoms with Crippen LogP contribution in [0.4, 0.5) is 10.6 Å². The maximum absolute atomic E-state index is 12.6. The number of fused-ring (bicyclic) bond motifs is 1. The number of rotatable bonds is 5. The maximum atomic E-state index is 12.6. The average Bonchev–Trinajstić information content (AvgIpc) is 3.02. The molecule has 1 fully saturated rings. The number of carbonyl (C=O) groups is 2. The molecule has 0 bridgehead atoms. The number of nitrogens with zero attached hydrogens (tertiary/aromatic N) is 5. The molecule has 0 radical (unpaired) electrons. The van der Waals surface area contributed by atoms with Gasteiger partial charge in [0.05, 0.1) is 6.33 Å². The molecule has 134 valence electrons. The average molecular weight is 346 g/mol. The molecule has 0 spiro atoms. The molecule has 1 aliphatic heterocycles. The summed E-state index contributed by atoms with van der Waals surface area (Å²) in [6, 6.07) is -0.577. The van der Waals surface area contributed by atoms with Crippen LogP contribution in [0, 0.1) is 0 Å². The van der Waals surface area contributed by atoms with E-state index in [-0.39, 0.29) is 11.9 Å². The Kier molecular flexibility index (Phi) is 4.96. The summed E-state index contributed by atoms with van der Waals surface area (Å²) in [5.41, 5.74) is 12.1. The minimum Gasteiger partial charge on any atom is -0.382 e. The van der Waals surface area contributed by atoms with E-state index in [2.05, 4.69) is 20.3 Å². The van der Waals surface area contributed by atoms with Gasteiger partial charge in [-0.2, -0.15) is 0 Å². The number of primary amides is 1. The highest BCUT2D eigenvalue weighted by atomic mass is 16.2. The van der Waals surface area contributed by atoms with Crippen molar-refractivity contribution in [2.45, 2.75) is 38.3 Å².